The Morgan fingerprint density at radius 2 is 1.66 bits per heavy atom. The second-order valence-corrected chi connectivity index (χ2v) is 11.4. The van der Waals surface area contributed by atoms with Crippen molar-refractivity contribution in [2.24, 2.45) is 11.3 Å². The maximum Gasteiger partial charge on any atom is 0.337 e. The zero-order valence-electron chi connectivity index (χ0n) is 17.6. The SMILES string of the molecule is CSC(C)(SC)C(=O)Oc1cc(Cl)c(Cl)cc1NC(=O)C1(C(C)C)CCCCC1. The maximum atomic E-state index is 13.3. The first-order chi connectivity index (χ1) is 13.6. The van der Waals surface area contributed by atoms with Crippen LogP contribution >= 0.6 is 46.7 Å². The van der Waals surface area contributed by atoms with Gasteiger partial charge in [0, 0.05) is 6.07 Å². The molecule has 1 amide bonds. The number of rotatable bonds is 7. The van der Waals surface area contributed by atoms with Crippen molar-refractivity contribution in [2.45, 2.75) is 57.0 Å². The molecule has 4 nitrogen and oxygen atoms in total. The number of hydrogen-bond donors (Lipinski definition) is 1. The van der Waals surface area contributed by atoms with Crippen LogP contribution in [-0.2, 0) is 9.59 Å². The van der Waals surface area contributed by atoms with Gasteiger partial charge in [-0.1, -0.05) is 56.3 Å². The van der Waals surface area contributed by atoms with Crippen LogP contribution < -0.4 is 10.1 Å². The molecule has 2 rings (SSSR count). The lowest BCUT2D eigenvalue weighted by atomic mass is 9.66. The summed E-state index contributed by atoms with van der Waals surface area (Å²) >= 11 is 15.2. The van der Waals surface area contributed by atoms with Gasteiger partial charge in [0.2, 0.25) is 5.91 Å². The average Bonchev–Trinajstić information content (AvgIpc) is 2.71. The third-order valence-corrected chi connectivity index (χ3v) is 9.54. The molecule has 29 heavy (non-hydrogen) atoms. The Hall–Kier alpha value is -0.560. The van der Waals surface area contributed by atoms with Crippen molar-refractivity contribution in [2.75, 3.05) is 17.8 Å². The van der Waals surface area contributed by atoms with E-state index >= 15 is 0 Å². The molecular weight excluding hydrogens is 449 g/mol. The lowest BCUT2D eigenvalue weighted by Gasteiger charge is -2.39. The monoisotopic (exact) mass is 477 g/mol. The van der Waals surface area contributed by atoms with Crippen LogP contribution in [0, 0.1) is 11.3 Å². The Kier molecular flexibility index (Phi) is 8.66. The van der Waals surface area contributed by atoms with Gasteiger partial charge in [-0.3, -0.25) is 4.79 Å². The molecule has 1 aromatic carbocycles. The topological polar surface area (TPSA) is 55.4 Å². The number of amides is 1. The van der Waals surface area contributed by atoms with E-state index in [1.54, 1.807) is 13.0 Å². The molecule has 0 spiro atoms. The summed E-state index contributed by atoms with van der Waals surface area (Å²) in [5, 5.41) is 3.55. The van der Waals surface area contributed by atoms with Gasteiger partial charge in [0.1, 0.15) is 0 Å². The second-order valence-electron chi connectivity index (χ2n) is 7.83. The van der Waals surface area contributed by atoms with Gasteiger partial charge in [0.15, 0.2) is 9.83 Å². The van der Waals surface area contributed by atoms with Gasteiger partial charge in [-0.05, 0) is 44.3 Å². The van der Waals surface area contributed by atoms with E-state index in [0.717, 1.165) is 32.1 Å². The predicted molar refractivity (Wildman–Crippen MR) is 127 cm³/mol. The van der Waals surface area contributed by atoms with Crippen LogP contribution in [0.2, 0.25) is 10.0 Å². The van der Waals surface area contributed by atoms with E-state index in [9.17, 15) is 9.59 Å². The number of nitrogens with one attached hydrogen (secondary N) is 1. The molecule has 0 heterocycles. The third kappa shape index (κ3) is 5.38. The van der Waals surface area contributed by atoms with Gasteiger partial charge in [-0.2, -0.15) is 0 Å². The van der Waals surface area contributed by atoms with E-state index in [2.05, 4.69) is 19.2 Å². The number of hydrogen-bond acceptors (Lipinski definition) is 5. The predicted octanol–water partition coefficient (Wildman–Crippen LogP) is 6.89. The van der Waals surface area contributed by atoms with Crippen LogP contribution in [0.15, 0.2) is 12.1 Å². The van der Waals surface area contributed by atoms with Crippen molar-refractivity contribution in [3.8, 4) is 5.75 Å². The minimum Gasteiger partial charge on any atom is -0.423 e. The zero-order valence-corrected chi connectivity index (χ0v) is 20.7. The van der Waals surface area contributed by atoms with Gasteiger partial charge in [0.25, 0.3) is 0 Å². The minimum atomic E-state index is -0.768. The second kappa shape index (κ2) is 10.2. The lowest BCUT2D eigenvalue weighted by Crippen LogP contribution is -2.42. The lowest BCUT2D eigenvalue weighted by molar-refractivity contribution is -0.134. The number of thioether (sulfide) groups is 2. The highest BCUT2D eigenvalue weighted by Crippen LogP contribution is 2.45. The number of esters is 1. The largest absolute Gasteiger partial charge is 0.423 e. The highest BCUT2D eigenvalue weighted by atomic mass is 35.5. The number of anilines is 1. The normalized spacial score (nSPS) is 16.6. The van der Waals surface area contributed by atoms with Gasteiger partial charge in [0.05, 0.1) is 21.1 Å². The highest BCUT2D eigenvalue weighted by Gasteiger charge is 2.42. The summed E-state index contributed by atoms with van der Waals surface area (Å²) in [6, 6.07) is 3.04. The molecular formula is C21H29Cl2NO3S2. The van der Waals surface area contributed by atoms with E-state index in [0.29, 0.717) is 10.7 Å². The molecule has 8 heteroatoms. The van der Waals surface area contributed by atoms with E-state index < -0.39 is 15.5 Å². The van der Waals surface area contributed by atoms with Crippen LogP contribution in [0.5, 0.6) is 5.75 Å². The number of halogens is 2. The van der Waals surface area contributed by atoms with Crippen LogP contribution in [0.3, 0.4) is 0 Å². The molecule has 1 saturated carbocycles. The van der Waals surface area contributed by atoms with Crippen molar-refractivity contribution in [3.63, 3.8) is 0 Å². The highest BCUT2D eigenvalue weighted by molar-refractivity contribution is 8.18. The molecule has 1 aliphatic rings. The zero-order chi connectivity index (χ0) is 21.8. The first-order valence-electron chi connectivity index (χ1n) is 9.72. The van der Waals surface area contributed by atoms with Crippen molar-refractivity contribution < 1.29 is 14.3 Å². The number of benzene rings is 1. The molecule has 1 fully saturated rings. The Morgan fingerprint density at radius 3 is 2.17 bits per heavy atom. The Morgan fingerprint density at radius 1 is 1.10 bits per heavy atom. The summed E-state index contributed by atoms with van der Waals surface area (Å²) < 4.78 is 4.90. The van der Waals surface area contributed by atoms with E-state index in [-0.39, 0.29) is 22.6 Å². The van der Waals surface area contributed by atoms with E-state index in [1.165, 1.54) is 29.6 Å². The molecule has 0 aliphatic heterocycles. The maximum absolute atomic E-state index is 13.3. The van der Waals surface area contributed by atoms with Crippen molar-refractivity contribution in [3.05, 3.63) is 22.2 Å². The fraction of sp³-hybridized carbons (Fsp3) is 0.619. The minimum absolute atomic E-state index is 0.0552. The molecule has 0 bridgehead atoms. The van der Waals surface area contributed by atoms with Crippen molar-refractivity contribution in [1.29, 1.82) is 0 Å². The van der Waals surface area contributed by atoms with Crippen LogP contribution in [0.1, 0.15) is 52.9 Å². The van der Waals surface area contributed by atoms with Crippen LogP contribution in [-0.4, -0.2) is 28.5 Å². The van der Waals surface area contributed by atoms with Gasteiger partial charge in [-0.25, -0.2) is 4.79 Å². The molecule has 0 unspecified atom stereocenters. The Balaban J connectivity index is 2.36. The molecule has 0 saturated heterocycles. The average molecular weight is 479 g/mol. The van der Waals surface area contributed by atoms with E-state index in [1.807, 2.05) is 12.5 Å². The van der Waals surface area contributed by atoms with Crippen LogP contribution in [0.25, 0.3) is 0 Å². The van der Waals surface area contributed by atoms with Gasteiger partial charge < -0.3 is 10.1 Å². The molecule has 0 atom stereocenters. The molecule has 1 aromatic rings. The number of carbonyl (C=O) groups excluding carboxylic acids is 2. The first-order valence-corrected chi connectivity index (χ1v) is 12.9. The molecule has 162 valence electrons. The fourth-order valence-corrected chi connectivity index (χ4v) is 5.05. The van der Waals surface area contributed by atoms with Gasteiger partial charge in [-0.15, -0.1) is 23.5 Å². The Bertz CT molecular complexity index is 761. The van der Waals surface area contributed by atoms with Gasteiger partial charge >= 0.3 is 5.97 Å². The Labute approximate surface area is 192 Å². The summed E-state index contributed by atoms with van der Waals surface area (Å²) in [4.78, 5) is 26.1. The first kappa shape index (κ1) is 24.7. The van der Waals surface area contributed by atoms with E-state index in [4.69, 9.17) is 27.9 Å². The smallest absolute Gasteiger partial charge is 0.337 e. The standard InChI is InChI=1S/C21H29Cl2NO3S2/c1-13(2)21(9-7-6-8-10-21)18(25)24-16-11-14(22)15(23)12-17(16)27-19(26)20(3,28-4)29-5/h11-13H,6-10H2,1-5H3,(H,24,25). The molecule has 0 aromatic heterocycles. The van der Waals surface area contributed by atoms with Crippen LogP contribution in [0.4, 0.5) is 5.69 Å². The molecule has 1 N–H and O–H groups in total. The fourth-order valence-electron chi connectivity index (χ4n) is 3.65. The van der Waals surface area contributed by atoms with Crippen molar-refractivity contribution in [1.82, 2.24) is 0 Å². The summed E-state index contributed by atoms with van der Waals surface area (Å²) in [7, 11) is 0. The molecule has 0 radical (unpaired) electrons. The summed E-state index contributed by atoms with van der Waals surface area (Å²) in [6.07, 6.45) is 8.63. The number of ether oxygens (including phenoxy) is 1. The summed E-state index contributed by atoms with van der Waals surface area (Å²) in [6.45, 7) is 5.97. The quantitative estimate of drug-likeness (QED) is 0.263. The number of carbonyl (C=O) groups is 2. The van der Waals surface area contributed by atoms with Crippen molar-refractivity contribution >= 4 is 64.3 Å². The third-order valence-electron chi connectivity index (χ3n) is 5.93. The molecule has 1 aliphatic carbocycles. The summed E-state index contributed by atoms with van der Waals surface area (Å²) in [5.41, 5.74) is -0.0634. The summed E-state index contributed by atoms with van der Waals surface area (Å²) in [5.74, 6) is -0.0577.